The highest BCUT2D eigenvalue weighted by atomic mass is 16.2. The molecule has 0 bridgehead atoms. The zero-order valence-electron chi connectivity index (χ0n) is 15.9. The summed E-state index contributed by atoms with van der Waals surface area (Å²) >= 11 is 0. The van der Waals surface area contributed by atoms with Crippen LogP contribution in [-0.2, 0) is 0 Å². The van der Waals surface area contributed by atoms with Gasteiger partial charge in [0.15, 0.2) is 5.82 Å². The number of hydrogen-bond acceptors (Lipinski definition) is 2. The van der Waals surface area contributed by atoms with E-state index >= 15 is 0 Å². The van der Waals surface area contributed by atoms with E-state index in [1.807, 2.05) is 36.4 Å². The quantitative estimate of drug-likeness (QED) is 0.358. The van der Waals surface area contributed by atoms with Crippen LogP contribution in [0.5, 0.6) is 0 Å². The summed E-state index contributed by atoms with van der Waals surface area (Å²) in [6.07, 6.45) is 0. The van der Waals surface area contributed by atoms with Gasteiger partial charge in [-0.25, -0.2) is 4.98 Å². The minimum absolute atomic E-state index is 0.0173. The standard InChI is InChI=1S/C26H15N3O/c30-26-18-10-7-15-23(24(18)25-27-19-11-3-6-14-22(19)29(25)26)28-20-12-4-1-8-16(20)17-9-2-5-13-21(17)28/h1-15H. The second-order valence-electron chi connectivity index (χ2n) is 7.63. The minimum atomic E-state index is -0.0173. The lowest BCUT2D eigenvalue weighted by Gasteiger charge is -2.11. The molecule has 4 heteroatoms. The monoisotopic (exact) mass is 385 g/mol. The van der Waals surface area contributed by atoms with Crippen LogP contribution < -0.4 is 0 Å². The molecule has 0 aliphatic carbocycles. The Morgan fingerprint density at radius 2 is 1.23 bits per heavy atom. The zero-order valence-corrected chi connectivity index (χ0v) is 15.9. The van der Waals surface area contributed by atoms with Crippen LogP contribution >= 0.6 is 0 Å². The third kappa shape index (κ3) is 1.81. The lowest BCUT2D eigenvalue weighted by atomic mass is 10.1. The average Bonchev–Trinajstić information content (AvgIpc) is 3.42. The maximum atomic E-state index is 13.3. The van der Waals surface area contributed by atoms with Gasteiger partial charge < -0.3 is 4.57 Å². The van der Waals surface area contributed by atoms with Gasteiger partial charge in [0.1, 0.15) is 0 Å². The van der Waals surface area contributed by atoms with Crippen molar-refractivity contribution in [1.82, 2.24) is 14.1 Å². The molecule has 0 radical (unpaired) electrons. The molecule has 0 saturated heterocycles. The first kappa shape index (κ1) is 15.7. The van der Waals surface area contributed by atoms with E-state index in [1.165, 1.54) is 10.8 Å². The van der Waals surface area contributed by atoms with Gasteiger partial charge in [0.05, 0.1) is 38.9 Å². The summed E-state index contributed by atoms with van der Waals surface area (Å²) in [6.45, 7) is 0. The predicted molar refractivity (Wildman–Crippen MR) is 119 cm³/mol. The van der Waals surface area contributed by atoms with E-state index in [9.17, 15) is 4.79 Å². The number of benzene rings is 4. The van der Waals surface area contributed by atoms with Crippen LogP contribution in [0.25, 0.3) is 49.9 Å². The Morgan fingerprint density at radius 1 is 0.600 bits per heavy atom. The van der Waals surface area contributed by atoms with E-state index < -0.39 is 0 Å². The normalized spacial score (nSPS) is 12.7. The van der Waals surface area contributed by atoms with Crippen molar-refractivity contribution in [2.24, 2.45) is 0 Å². The Labute approximate surface area is 171 Å². The van der Waals surface area contributed by atoms with Crippen molar-refractivity contribution in [3.8, 4) is 17.1 Å². The predicted octanol–water partition coefficient (Wildman–Crippen LogP) is 5.80. The molecule has 1 aliphatic rings. The molecule has 0 N–H and O–H groups in total. The highest BCUT2D eigenvalue weighted by molar-refractivity contribution is 6.15. The first-order chi connectivity index (χ1) is 14.8. The Kier molecular flexibility index (Phi) is 2.86. The molecule has 0 saturated carbocycles. The van der Waals surface area contributed by atoms with E-state index in [0.717, 1.165) is 33.3 Å². The van der Waals surface area contributed by atoms with Crippen LogP contribution in [-0.4, -0.2) is 20.0 Å². The van der Waals surface area contributed by atoms with Gasteiger partial charge in [0.2, 0.25) is 0 Å². The summed E-state index contributed by atoms with van der Waals surface area (Å²) in [6, 6.07) is 30.6. The molecule has 3 heterocycles. The summed E-state index contributed by atoms with van der Waals surface area (Å²) in [7, 11) is 0. The molecular weight excluding hydrogens is 370 g/mol. The van der Waals surface area contributed by atoms with Crippen molar-refractivity contribution in [1.29, 1.82) is 0 Å². The van der Waals surface area contributed by atoms with E-state index in [-0.39, 0.29) is 5.91 Å². The fourth-order valence-corrected chi connectivity index (χ4v) is 4.84. The van der Waals surface area contributed by atoms with E-state index in [4.69, 9.17) is 4.98 Å². The number of rotatable bonds is 1. The van der Waals surface area contributed by atoms with Crippen LogP contribution in [0, 0.1) is 0 Å². The third-order valence-electron chi connectivity index (χ3n) is 6.08. The largest absolute Gasteiger partial charge is 0.308 e. The topological polar surface area (TPSA) is 39.8 Å². The van der Waals surface area contributed by atoms with Crippen molar-refractivity contribution in [3.63, 3.8) is 0 Å². The molecule has 7 rings (SSSR count). The highest BCUT2D eigenvalue weighted by Gasteiger charge is 2.33. The van der Waals surface area contributed by atoms with Gasteiger partial charge in [-0.15, -0.1) is 0 Å². The van der Waals surface area contributed by atoms with Crippen molar-refractivity contribution >= 4 is 38.7 Å². The molecule has 4 nitrogen and oxygen atoms in total. The van der Waals surface area contributed by atoms with Gasteiger partial charge in [0, 0.05) is 10.8 Å². The molecule has 140 valence electrons. The average molecular weight is 385 g/mol. The molecule has 6 aromatic rings. The number of imidazole rings is 1. The molecule has 0 atom stereocenters. The zero-order chi connectivity index (χ0) is 19.8. The summed E-state index contributed by atoms with van der Waals surface area (Å²) in [5, 5.41) is 2.40. The molecule has 0 amide bonds. The van der Waals surface area contributed by atoms with Gasteiger partial charge in [-0.2, -0.15) is 0 Å². The molecule has 1 aliphatic heterocycles. The number of nitrogens with zero attached hydrogens (tertiary/aromatic N) is 3. The molecule has 0 fully saturated rings. The second-order valence-corrected chi connectivity index (χ2v) is 7.63. The summed E-state index contributed by atoms with van der Waals surface area (Å²) in [5.74, 6) is 0.699. The van der Waals surface area contributed by atoms with Gasteiger partial charge in [-0.3, -0.25) is 9.36 Å². The van der Waals surface area contributed by atoms with Crippen molar-refractivity contribution in [2.75, 3.05) is 0 Å². The number of para-hydroxylation sites is 4. The van der Waals surface area contributed by atoms with Crippen LogP contribution in [0.4, 0.5) is 0 Å². The van der Waals surface area contributed by atoms with Crippen molar-refractivity contribution < 1.29 is 4.79 Å². The summed E-state index contributed by atoms with van der Waals surface area (Å²) in [5.41, 5.74) is 6.49. The van der Waals surface area contributed by atoms with Gasteiger partial charge in [0.25, 0.3) is 5.91 Å². The number of carbonyl (C=O) groups excluding carboxylic acids is 1. The van der Waals surface area contributed by atoms with Crippen LogP contribution in [0.15, 0.2) is 91.0 Å². The lowest BCUT2D eigenvalue weighted by Crippen LogP contribution is -2.05. The van der Waals surface area contributed by atoms with Crippen LogP contribution in [0.3, 0.4) is 0 Å². The first-order valence-electron chi connectivity index (χ1n) is 9.97. The number of aromatic nitrogens is 3. The molecule has 2 aromatic heterocycles. The van der Waals surface area contributed by atoms with Crippen LogP contribution in [0.2, 0.25) is 0 Å². The van der Waals surface area contributed by atoms with Gasteiger partial charge >= 0.3 is 0 Å². The van der Waals surface area contributed by atoms with Crippen molar-refractivity contribution in [3.05, 3.63) is 96.6 Å². The second kappa shape index (κ2) is 5.45. The van der Waals surface area contributed by atoms with E-state index in [1.54, 1.807) is 4.57 Å². The Morgan fingerprint density at radius 3 is 1.97 bits per heavy atom. The molecule has 0 unspecified atom stereocenters. The molecule has 4 aromatic carbocycles. The minimum Gasteiger partial charge on any atom is -0.308 e. The van der Waals surface area contributed by atoms with E-state index in [0.29, 0.717) is 11.4 Å². The van der Waals surface area contributed by atoms with E-state index in [2.05, 4.69) is 59.2 Å². The van der Waals surface area contributed by atoms with Gasteiger partial charge in [-0.1, -0.05) is 54.6 Å². The molecular formula is C26H15N3O. The fourth-order valence-electron chi connectivity index (χ4n) is 4.84. The first-order valence-corrected chi connectivity index (χ1v) is 9.97. The Balaban J connectivity index is 1.66. The SMILES string of the molecule is O=C1c2cccc(-n3c4ccccc4c4ccccc43)c2-c2nc3ccccc3n21. The third-order valence-corrected chi connectivity index (χ3v) is 6.08. The van der Waals surface area contributed by atoms with Crippen molar-refractivity contribution in [2.45, 2.75) is 0 Å². The number of fused-ring (bicyclic) bond motifs is 8. The Bertz CT molecular complexity index is 1620. The van der Waals surface area contributed by atoms with Crippen LogP contribution in [0.1, 0.15) is 10.4 Å². The number of hydrogen-bond donors (Lipinski definition) is 0. The summed E-state index contributed by atoms with van der Waals surface area (Å²) < 4.78 is 4.00. The Hall–Kier alpha value is -4.18. The smallest absolute Gasteiger partial charge is 0.264 e. The maximum Gasteiger partial charge on any atom is 0.264 e. The van der Waals surface area contributed by atoms with Gasteiger partial charge in [-0.05, 0) is 36.4 Å². The highest BCUT2D eigenvalue weighted by Crippen LogP contribution is 2.41. The fraction of sp³-hybridized carbons (Fsp3) is 0. The number of carbonyl (C=O) groups is 1. The maximum absolute atomic E-state index is 13.3. The molecule has 0 spiro atoms. The summed E-state index contributed by atoms with van der Waals surface area (Å²) in [4.78, 5) is 18.2. The lowest BCUT2D eigenvalue weighted by molar-refractivity contribution is 0.0973. The molecule has 30 heavy (non-hydrogen) atoms.